The lowest BCUT2D eigenvalue weighted by atomic mass is 9.92. The molecule has 0 amide bonds. The zero-order valence-electron chi connectivity index (χ0n) is 9.43. The van der Waals surface area contributed by atoms with Crippen LogP contribution in [-0.4, -0.2) is 5.67 Å². The molecule has 0 saturated heterocycles. The number of allylic oxidation sites excluding steroid dienone is 5. The van der Waals surface area contributed by atoms with Gasteiger partial charge < -0.3 is 0 Å². The Bertz CT molecular complexity index is 320. The Morgan fingerprint density at radius 1 is 1.53 bits per heavy atom. The van der Waals surface area contributed by atoms with Gasteiger partial charge in [0.15, 0.2) is 0 Å². The molecule has 1 fully saturated rings. The van der Waals surface area contributed by atoms with Crippen molar-refractivity contribution in [3.8, 4) is 0 Å². The van der Waals surface area contributed by atoms with E-state index in [0.717, 1.165) is 32.1 Å². The van der Waals surface area contributed by atoms with Crippen molar-refractivity contribution < 1.29 is 4.39 Å². The van der Waals surface area contributed by atoms with Crippen LogP contribution in [-0.2, 0) is 0 Å². The van der Waals surface area contributed by atoms with Gasteiger partial charge in [-0.1, -0.05) is 29.4 Å². The fourth-order valence-electron chi connectivity index (χ4n) is 2.34. The Kier molecular flexibility index (Phi) is 2.81. The molecule has 0 heterocycles. The molecule has 0 radical (unpaired) electrons. The van der Waals surface area contributed by atoms with E-state index in [-0.39, 0.29) is 5.92 Å². The zero-order chi connectivity index (χ0) is 10.9. The summed E-state index contributed by atoms with van der Waals surface area (Å²) in [6, 6.07) is 0. The summed E-state index contributed by atoms with van der Waals surface area (Å²) in [7, 11) is 0. The Balaban J connectivity index is 1.93. The van der Waals surface area contributed by atoms with Crippen molar-refractivity contribution in [3.05, 3.63) is 36.0 Å². The van der Waals surface area contributed by atoms with Gasteiger partial charge in [-0.2, -0.15) is 0 Å². The molecule has 15 heavy (non-hydrogen) atoms. The van der Waals surface area contributed by atoms with Crippen LogP contribution in [0.15, 0.2) is 36.0 Å². The molecular weight excluding hydrogens is 187 g/mol. The van der Waals surface area contributed by atoms with Gasteiger partial charge in [-0.05, 0) is 39.0 Å². The second kappa shape index (κ2) is 3.96. The van der Waals surface area contributed by atoms with Crippen LogP contribution < -0.4 is 0 Å². The highest BCUT2D eigenvalue weighted by atomic mass is 19.1. The predicted molar refractivity (Wildman–Crippen MR) is 62.5 cm³/mol. The molecule has 2 aliphatic rings. The minimum Gasteiger partial charge on any atom is -0.244 e. The van der Waals surface area contributed by atoms with Gasteiger partial charge in [0.1, 0.15) is 5.67 Å². The number of rotatable bonds is 4. The van der Waals surface area contributed by atoms with Crippen LogP contribution in [0.1, 0.15) is 39.0 Å². The van der Waals surface area contributed by atoms with Crippen LogP contribution in [0.4, 0.5) is 4.39 Å². The first-order valence-electron chi connectivity index (χ1n) is 5.82. The second-order valence-corrected chi connectivity index (χ2v) is 4.93. The van der Waals surface area contributed by atoms with Crippen molar-refractivity contribution in [2.45, 2.75) is 44.7 Å². The van der Waals surface area contributed by atoms with Gasteiger partial charge in [-0.25, -0.2) is 4.39 Å². The van der Waals surface area contributed by atoms with Crippen LogP contribution in [0.5, 0.6) is 0 Å². The number of hydrogen-bond acceptors (Lipinski definition) is 0. The Hall–Kier alpha value is -0.850. The average Bonchev–Trinajstić information content (AvgIpc) is 2.86. The lowest BCUT2D eigenvalue weighted by Crippen LogP contribution is -2.02. The van der Waals surface area contributed by atoms with Crippen molar-refractivity contribution in [1.29, 1.82) is 0 Å². The zero-order valence-corrected chi connectivity index (χ0v) is 9.43. The fourth-order valence-corrected chi connectivity index (χ4v) is 2.34. The molecule has 2 unspecified atom stereocenters. The van der Waals surface area contributed by atoms with Crippen LogP contribution in [0.3, 0.4) is 0 Å². The highest BCUT2D eigenvalue weighted by molar-refractivity contribution is 5.31. The summed E-state index contributed by atoms with van der Waals surface area (Å²) in [5.74, 6) is 0.217. The topological polar surface area (TPSA) is 0 Å². The van der Waals surface area contributed by atoms with Crippen molar-refractivity contribution in [1.82, 2.24) is 0 Å². The molecule has 82 valence electrons. The standard InChI is InChI=1S/C14H19F/c1-3-4-5-11-6-8-12(9-7-11)13-10-14(13,2)15/h3,6,8,13H,1,4-5,7,9-10H2,2H3. The highest BCUT2D eigenvalue weighted by Crippen LogP contribution is 2.53. The molecule has 2 rings (SSSR count). The fraction of sp³-hybridized carbons (Fsp3) is 0.571. The quantitative estimate of drug-likeness (QED) is 0.600. The second-order valence-electron chi connectivity index (χ2n) is 4.93. The predicted octanol–water partition coefficient (Wildman–Crippen LogP) is 4.35. The first-order chi connectivity index (χ1) is 7.13. The van der Waals surface area contributed by atoms with Crippen molar-refractivity contribution in [2.75, 3.05) is 0 Å². The summed E-state index contributed by atoms with van der Waals surface area (Å²) in [4.78, 5) is 0. The van der Waals surface area contributed by atoms with E-state index in [9.17, 15) is 4.39 Å². The third-order valence-corrected chi connectivity index (χ3v) is 3.55. The minimum atomic E-state index is -0.904. The molecule has 0 spiro atoms. The average molecular weight is 206 g/mol. The van der Waals surface area contributed by atoms with Gasteiger partial charge in [0.05, 0.1) is 0 Å². The van der Waals surface area contributed by atoms with Gasteiger partial charge in [0.2, 0.25) is 0 Å². The van der Waals surface area contributed by atoms with E-state index in [0.29, 0.717) is 0 Å². The molecule has 0 aromatic carbocycles. The molecule has 0 N–H and O–H groups in total. The summed E-state index contributed by atoms with van der Waals surface area (Å²) in [5.41, 5.74) is 1.90. The molecule has 2 aliphatic carbocycles. The Labute approximate surface area is 91.6 Å². The molecule has 0 aliphatic heterocycles. The molecule has 0 aromatic rings. The molecule has 1 heteroatoms. The monoisotopic (exact) mass is 206 g/mol. The van der Waals surface area contributed by atoms with E-state index in [1.54, 1.807) is 6.92 Å². The van der Waals surface area contributed by atoms with Crippen molar-refractivity contribution in [2.24, 2.45) is 5.92 Å². The van der Waals surface area contributed by atoms with Crippen LogP contribution in [0, 0.1) is 5.92 Å². The lowest BCUT2D eigenvalue weighted by Gasteiger charge is -2.14. The van der Waals surface area contributed by atoms with E-state index < -0.39 is 5.67 Å². The summed E-state index contributed by atoms with van der Waals surface area (Å²) in [5, 5.41) is 0. The molecular formula is C14H19F. The maximum absolute atomic E-state index is 13.5. The maximum Gasteiger partial charge on any atom is 0.115 e. The van der Waals surface area contributed by atoms with Crippen LogP contribution >= 0.6 is 0 Å². The number of halogens is 1. The minimum absolute atomic E-state index is 0.217. The first kappa shape index (κ1) is 10.7. The third-order valence-electron chi connectivity index (χ3n) is 3.55. The SMILES string of the molecule is C=CCCC1=CC=C(C2CC2(C)F)CC1. The smallest absolute Gasteiger partial charge is 0.115 e. The molecule has 0 aromatic heterocycles. The highest BCUT2D eigenvalue weighted by Gasteiger charge is 2.52. The van der Waals surface area contributed by atoms with E-state index in [1.807, 2.05) is 6.08 Å². The van der Waals surface area contributed by atoms with Crippen molar-refractivity contribution >= 4 is 0 Å². The lowest BCUT2D eigenvalue weighted by molar-refractivity contribution is 0.317. The van der Waals surface area contributed by atoms with Gasteiger partial charge in [-0.15, -0.1) is 6.58 Å². The Morgan fingerprint density at radius 2 is 2.27 bits per heavy atom. The first-order valence-corrected chi connectivity index (χ1v) is 5.82. The molecule has 1 saturated carbocycles. The molecule has 0 bridgehead atoms. The van der Waals surface area contributed by atoms with Gasteiger partial charge in [-0.3, -0.25) is 0 Å². The maximum atomic E-state index is 13.5. The third kappa shape index (κ3) is 2.39. The van der Waals surface area contributed by atoms with Crippen molar-refractivity contribution in [3.63, 3.8) is 0 Å². The molecule has 0 nitrogen and oxygen atoms in total. The summed E-state index contributed by atoms with van der Waals surface area (Å²) >= 11 is 0. The van der Waals surface area contributed by atoms with Gasteiger partial charge in [0, 0.05) is 5.92 Å². The molecule has 2 atom stereocenters. The van der Waals surface area contributed by atoms with Gasteiger partial charge in [0.25, 0.3) is 0 Å². The largest absolute Gasteiger partial charge is 0.244 e. The Morgan fingerprint density at radius 3 is 2.73 bits per heavy atom. The van der Waals surface area contributed by atoms with E-state index in [1.165, 1.54) is 11.1 Å². The van der Waals surface area contributed by atoms with Crippen LogP contribution in [0.2, 0.25) is 0 Å². The van der Waals surface area contributed by atoms with E-state index >= 15 is 0 Å². The van der Waals surface area contributed by atoms with E-state index in [4.69, 9.17) is 0 Å². The normalized spacial score (nSPS) is 34.4. The summed E-state index contributed by atoms with van der Waals surface area (Å²) in [6.45, 7) is 5.44. The van der Waals surface area contributed by atoms with E-state index in [2.05, 4.69) is 18.7 Å². The van der Waals surface area contributed by atoms with Gasteiger partial charge >= 0.3 is 0 Å². The summed E-state index contributed by atoms with van der Waals surface area (Å²) in [6.07, 6.45) is 11.4. The number of hydrogen-bond donors (Lipinski definition) is 0. The van der Waals surface area contributed by atoms with Crippen LogP contribution in [0.25, 0.3) is 0 Å². The summed E-state index contributed by atoms with van der Waals surface area (Å²) < 4.78 is 13.5. The number of alkyl halides is 1.